The van der Waals surface area contributed by atoms with E-state index in [0.717, 1.165) is 0 Å². The fraction of sp³-hybridized carbons (Fsp3) is 0.143. The van der Waals surface area contributed by atoms with Crippen LogP contribution in [-0.4, -0.2) is 10.1 Å². The molecule has 0 radical (unpaired) electrons. The number of hydrogen-bond acceptors (Lipinski definition) is 3. The van der Waals surface area contributed by atoms with Crippen molar-refractivity contribution in [1.29, 1.82) is 0 Å². The van der Waals surface area contributed by atoms with E-state index in [4.69, 9.17) is 0 Å². The fourth-order valence-corrected chi connectivity index (χ4v) is 0.715. The lowest BCUT2D eigenvalue weighted by Crippen LogP contribution is -1.84. The van der Waals surface area contributed by atoms with Gasteiger partial charge in [0.25, 0.3) is 0 Å². The van der Waals surface area contributed by atoms with Gasteiger partial charge in [-0.05, 0) is 19.1 Å². The molecule has 4 heteroatoms. The summed E-state index contributed by atoms with van der Waals surface area (Å²) in [5, 5.41) is 2.13. The Bertz CT molecular complexity index is 318. The van der Waals surface area contributed by atoms with E-state index in [1.54, 1.807) is 6.92 Å². The average molecular weight is 168 g/mol. The lowest BCUT2D eigenvalue weighted by Gasteiger charge is -1.93. The SMILES string of the molecule is Cc1ncc(N=C=S)cc1F. The summed E-state index contributed by atoms with van der Waals surface area (Å²) in [7, 11) is 0. The molecule has 0 fully saturated rings. The third-order valence-corrected chi connectivity index (χ3v) is 1.28. The van der Waals surface area contributed by atoms with Gasteiger partial charge >= 0.3 is 0 Å². The number of aliphatic imine (C=N–C) groups is 1. The largest absolute Gasteiger partial charge is 0.256 e. The average Bonchev–Trinajstić information content (AvgIpc) is 1.98. The number of halogens is 1. The maximum absolute atomic E-state index is 12.7. The molecule has 0 bridgehead atoms. The Morgan fingerprint density at radius 1 is 1.73 bits per heavy atom. The number of hydrogen-bond donors (Lipinski definition) is 0. The van der Waals surface area contributed by atoms with Crippen LogP contribution in [0.2, 0.25) is 0 Å². The van der Waals surface area contributed by atoms with Crippen LogP contribution in [0.3, 0.4) is 0 Å². The van der Waals surface area contributed by atoms with E-state index in [9.17, 15) is 4.39 Å². The van der Waals surface area contributed by atoms with Crippen molar-refractivity contribution in [2.75, 3.05) is 0 Å². The van der Waals surface area contributed by atoms with Gasteiger partial charge in [-0.2, -0.15) is 4.99 Å². The number of thiocarbonyl (C=S) groups is 1. The third kappa shape index (κ3) is 1.90. The first-order chi connectivity index (χ1) is 5.24. The molecule has 0 amide bonds. The van der Waals surface area contributed by atoms with E-state index in [1.807, 2.05) is 0 Å². The molecule has 0 atom stereocenters. The van der Waals surface area contributed by atoms with Crippen molar-refractivity contribution in [3.8, 4) is 0 Å². The number of nitrogens with zero attached hydrogens (tertiary/aromatic N) is 2. The van der Waals surface area contributed by atoms with E-state index in [1.165, 1.54) is 12.3 Å². The monoisotopic (exact) mass is 168 g/mol. The van der Waals surface area contributed by atoms with Crippen LogP contribution < -0.4 is 0 Å². The van der Waals surface area contributed by atoms with Gasteiger partial charge in [0.05, 0.1) is 22.7 Å². The molecule has 0 aliphatic rings. The lowest BCUT2D eigenvalue weighted by molar-refractivity contribution is 0.610. The second kappa shape index (κ2) is 3.32. The Morgan fingerprint density at radius 2 is 2.45 bits per heavy atom. The zero-order valence-electron chi connectivity index (χ0n) is 5.84. The Labute approximate surface area is 68.8 Å². The predicted molar refractivity (Wildman–Crippen MR) is 43.6 cm³/mol. The van der Waals surface area contributed by atoms with Gasteiger partial charge in [-0.25, -0.2) is 4.39 Å². The van der Waals surface area contributed by atoms with Gasteiger partial charge in [0.2, 0.25) is 0 Å². The second-order valence-corrected chi connectivity index (χ2v) is 2.15. The van der Waals surface area contributed by atoms with Crippen LogP contribution in [-0.2, 0) is 0 Å². The maximum atomic E-state index is 12.7. The first kappa shape index (κ1) is 7.98. The van der Waals surface area contributed by atoms with Crippen molar-refractivity contribution < 1.29 is 4.39 Å². The standard InChI is InChI=1S/C7H5FN2S/c1-5-7(8)2-6(3-9-5)10-4-11/h2-3H,1H3. The Morgan fingerprint density at radius 3 is 3.00 bits per heavy atom. The molecule has 11 heavy (non-hydrogen) atoms. The topological polar surface area (TPSA) is 25.2 Å². The minimum absolute atomic E-state index is 0.355. The van der Waals surface area contributed by atoms with Crippen molar-refractivity contribution in [2.24, 2.45) is 4.99 Å². The normalized spacial score (nSPS) is 8.91. The highest BCUT2D eigenvalue weighted by molar-refractivity contribution is 7.78. The molecular formula is C7H5FN2S. The predicted octanol–water partition coefficient (Wildman–Crippen LogP) is 2.26. The zero-order chi connectivity index (χ0) is 8.27. The van der Waals surface area contributed by atoms with Gasteiger partial charge in [0.1, 0.15) is 5.82 Å². The first-order valence-corrected chi connectivity index (χ1v) is 3.35. The molecule has 0 N–H and O–H groups in total. The van der Waals surface area contributed by atoms with Gasteiger partial charge in [-0.15, -0.1) is 0 Å². The minimum Gasteiger partial charge on any atom is -0.256 e. The van der Waals surface area contributed by atoms with Crippen LogP contribution >= 0.6 is 12.2 Å². The highest BCUT2D eigenvalue weighted by atomic mass is 32.1. The molecule has 0 aliphatic heterocycles. The van der Waals surface area contributed by atoms with Crippen LogP contribution in [0, 0.1) is 12.7 Å². The summed E-state index contributed by atoms with van der Waals surface area (Å²) in [5.74, 6) is -0.378. The number of rotatable bonds is 1. The van der Waals surface area contributed by atoms with Crippen molar-refractivity contribution in [3.05, 3.63) is 23.8 Å². The molecule has 0 spiro atoms. The van der Waals surface area contributed by atoms with Crippen LogP contribution in [0.4, 0.5) is 10.1 Å². The van der Waals surface area contributed by atoms with Crippen molar-refractivity contribution in [2.45, 2.75) is 6.92 Å². The number of aromatic nitrogens is 1. The smallest absolute Gasteiger partial charge is 0.146 e. The van der Waals surface area contributed by atoms with E-state index in [-0.39, 0.29) is 5.82 Å². The van der Waals surface area contributed by atoms with Gasteiger partial charge in [-0.3, -0.25) is 4.98 Å². The second-order valence-electron chi connectivity index (χ2n) is 1.96. The molecule has 2 nitrogen and oxygen atoms in total. The van der Waals surface area contributed by atoms with Crippen LogP contribution in [0.25, 0.3) is 0 Å². The summed E-state index contributed by atoms with van der Waals surface area (Å²) >= 11 is 4.34. The van der Waals surface area contributed by atoms with E-state index in [0.29, 0.717) is 11.4 Å². The molecule has 0 saturated carbocycles. The summed E-state index contributed by atoms with van der Waals surface area (Å²) in [6.07, 6.45) is 1.44. The van der Waals surface area contributed by atoms with E-state index in [2.05, 4.69) is 27.4 Å². The summed E-state index contributed by atoms with van der Waals surface area (Å²) < 4.78 is 12.7. The quantitative estimate of drug-likeness (QED) is 0.474. The number of pyridine rings is 1. The molecule has 0 unspecified atom stereocenters. The molecule has 56 valence electrons. The highest BCUT2D eigenvalue weighted by Gasteiger charge is 1.97. The number of aryl methyl sites for hydroxylation is 1. The first-order valence-electron chi connectivity index (χ1n) is 2.94. The van der Waals surface area contributed by atoms with Gasteiger partial charge < -0.3 is 0 Å². The van der Waals surface area contributed by atoms with E-state index < -0.39 is 0 Å². The van der Waals surface area contributed by atoms with E-state index >= 15 is 0 Å². The maximum Gasteiger partial charge on any atom is 0.146 e. The van der Waals surface area contributed by atoms with Crippen molar-refractivity contribution >= 4 is 23.1 Å². The summed E-state index contributed by atoms with van der Waals surface area (Å²) in [5.41, 5.74) is 0.747. The summed E-state index contributed by atoms with van der Waals surface area (Å²) in [6.45, 7) is 1.58. The lowest BCUT2D eigenvalue weighted by atomic mass is 10.3. The molecular weight excluding hydrogens is 163 g/mol. The number of isothiocyanates is 1. The highest BCUT2D eigenvalue weighted by Crippen LogP contribution is 2.12. The Kier molecular flexibility index (Phi) is 2.41. The zero-order valence-corrected chi connectivity index (χ0v) is 6.65. The molecule has 1 rings (SSSR count). The summed E-state index contributed by atoms with van der Waals surface area (Å²) in [4.78, 5) is 7.31. The summed E-state index contributed by atoms with van der Waals surface area (Å²) in [6, 6.07) is 1.27. The molecule has 0 saturated heterocycles. The van der Waals surface area contributed by atoms with Crippen LogP contribution in [0.1, 0.15) is 5.69 Å². The van der Waals surface area contributed by atoms with Gasteiger partial charge in [0.15, 0.2) is 0 Å². The molecule has 1 heterocycles. The van der Waals surface area contributed by atoms with Crippen molar-refractivity contribution in [1.82, 2.24) is 4.98 Å². The molecule has 1 aromatic heterocycles. The van der Waals surface area contributed by atoms with Crippen molar-refractivity contribution in [3.63, 3.8) is 0 Å². The van der Waals surface area contributed by atoms with Gasteiger partial charge in [0, 0.05) is 6.07 Å². The molecule has 0 aliphatic carbocycles. The molecule has 0 aromatic carbocycles. The minimum atomic E-state index is -0.378. The van der Waals surface area contributed by atoms with Crippen LogP contribution in [0.5, 0.6) is 0 Å². The molecule has 1 aromatic rings. The van der Waals surface area contributed by atoms with Crippen LogP contribution in [0.15, 0.2) is 17.3 Å². The Hall–Kier alpha value is -1.12. The fourth-order valence-electron chi connectivity index (χ4n) is 0.610. The third-order valence-electron chi connectivity index (χ3n) is 1.19. The van der Waals surface area contributed by atoms with Gasteiger partial charge in [-0.1, -0.05) is 0 Å². The Balaban J connectivity index is 3.14.